The fraction of sp³-hybridized carbons (Fsp3) is 0.750. The minimum atomic E-state index is -0.771. The first-order chi connectivity index (χ1) is 19.0. The first kappa shape index (κ1) is 30.9. The van der Waals surface area contributed by atoms with Gasteiger partial charge in [-0.15, -0.1) is 0 Å². The SMILES string of the molecule is CCCCN(/C=N/c1nc(/N=C/N(CCCC)CCCC)c2cnn([C@H]3C[C@H](O)[C@@H](CO)O3)c2n1)CCCC. The van der Waals surface area contributed by atoms with E-state index in [1.165, 1.54) is 0 Å². The van der Waals surface area contributed by atoms with Gasteiger partial charge in [0.2, 0.25) is 0 Å². The maximum Gasteiger partial charge on any atom is 0.254 e. The van der Waals surface area contributed by atoms with Crippen LogP contribution in [0.3, 0.4) is 0 Å². The van der Waals surface area contributed by atoms with E-state index in [0.29, 0.717) is 29.2 Å². The summed E-state index contributed by atoms with van der Waals surface area (Å²) in [6.45, 7) is 12.3. The molecule has 218 valence electrons. The number of aliphatic hydroxyl groups is 2. The van der Waals surface area contributed by atoms with Crippen molar-refractivity contribution in [2.45, 2.75) is 104 Å². The fourth-order valence-electron chi connectivity index (χ4n) is 4.46. The summed E-state index contributed by atoms with van der Waals surface area (Å²) in [5.74, 6) is 0.808. The quantitative estimate of drug-likeness (QED) is 0.206. The Morgan fingerprint density at radius 2 is 1.49 bits per heavy atom. The van der Waals surface area contributed by atoms with Gasteiger partial charge in [0.15, 0.2) is 17.7 Å². The molecule has 39 heavy (non-hydrogen) atoms. The molecule has 3 atom stereocenters. The molecule has 0 amide bonds. The molecule has 0 bridgehead atoms. The molecule has 0 aliphatic carbocycles. The summed E-state index contributed by atoms with van der Waals surface area (Å²) in [6.07, 6.45) is 12.6. The van der Waals surface area contributed by atoms with Gasteiger partial charge in [0, 0.05) is 32.6 Å². The molecule has 0 aromatic carbocycles. The molecule has 2 N–H and O–H groups in total. The lowest BCUT2D eigenvalue weighted by Gasteiger charge is -2.19. The number of hydrogen-bond acceptors (Lipinski definition) is 8. The molecule has 3 rings (SSSR count). The molecule has 1 saturated heterocycles. The van der Waals surface area contributed by atoms with Crippen LogP contribution >= 0.6 is 0 Å². The predicted molar refractivity (Wildman–Crippen MR) is 156 cm³/mol. The highest BCUT2D eigenvalue weighted by Crippen LogP contribution is 2.33. The second-order valence-corrected chi connectivity index (χ2v) is 10.3. The number of aromatic nitrogens is 4. The topological polar surface area (TPSA) is 124 Å². The van der Waals surface area contributed by atoms with Crippen LogP contribution in [0.5, 0.6) is 0 Å². The van der Waals surface area contributed by atoms with Crippen molar-refractivity contribution in [2.75, 3.05) is 32.8 Å². The molecule has 1 fully saturated rings. The molecule has 2 aromatic heterocycles. The number of nitrogens with zero attached hydrogens (tertiary/aromatic N) is 8. The Bertz CT molecular complexity index is 1030. The number of fused-ring (bicyclic) bond motifs is 1. The maximum absolute atomic E-state index is 10.3. The van der Waals surface area contributed by atoms with Gasteiger partial charge in [-0.3, -0.25) is 0 Å². The Labute approximate surface area is 233 Å². The maximum atomic E-state index is 10.3. The summed E-state index contributed by atoms with van der Waals surface area (Å²) in [7, 11) is 0. The number of hydrogen-bond donors (Lipinski definition) is 2. The van der Waals surface area contributed by atoms with E-state index in [9.17, 15) is 10.2 Å². The summed E-state index contributed by atoms with van der Waals surface area (Å²) in [5, 5.41) is 25.1. The third-order valence-electron chi connectivity index (χ3n) is 6.95. The lowest BCUT2D eigenvalue weighted by Crippen LogP contribution is -2.24. The number of aliphatic imine (C=N–C) groups is 2. The monoisotopic (exact) mass is 544 g/mol. The molecule has 11 nitrogen and oxygen atoms in total. The van der Waals surface area contributed by atoms with Crippen LogP contribution in [0.25, 0.3) is 11.0 Å². The highest BCUT2D eigenvalue weighted by atomic mass is 16.5. The fourth-order valence-corrected chi connectivity index (χ4v) is 4.46. The molecule has 0 saturated carbocycles. The van der Waals surface area contributed by atoms with Crippen LogP contribution in [0, 0.1) is 0 Å². The van der Waals surface area contributed by atoms with Gasteiger partial charge in [0.25, 0.3) is 5.95 Å². The highest BCUT2D eigenvalue weighted by Gasteiger charge is 2.36. The number of ether oxygens (including phenoxy) is 1. The zero-order chi connectivity index (χ0) is 28.0. The lowest BCUT2D eigenvalue weighted by molar-refractivity contribution is -0.0470. The van der Waals surface area contributed by atoms with Crippen LogP contribution in [0.15, 0.2) is 16.2 Å². The molecule has 2 aromatic rings. The van der Waals surface area contributed by atoms with Crippen molar-refractivity contribution in [2.24, 2.45) is 9.98 Å². The molecule has 1 aliphatic rings. The van der Waals surface area contributed by atoms with E-state index in [1.807, 2.05) is 12.7 Å². The van der Waals surface area contributed by atoms with E-state index in [1.54, 1.807) is 10.9 Å². The van der Waals surface area contributed by atoms with Crippen LogP contribution < -0.4 is 0 Å². The van der Waals surface area contributed by atoms with Gasteiger partial charge in [0.1, 0.15) is 6.10 Å². The third kappa shape index (κ3) is 8.94. The number of aliphatic hydroxyl groups excluding tert-OH is 2. The van der Waals surface area contributed by atoms with Crippen LogP contribution in [0.1, 0.15) is 91.7 Å². The third-order valence-corrected chi connectivity index (χ3v) is 6.95. The average molecular weight is 545 g/mol. The van der Waals surface area contributed by atoms with Gasteiger partial charge < -0.3 is 24.7 Å². The van der Waals surface area contributed by atoms with E-state index in [0.717, 1.165) is 77.5 Å². The van der Waals surface area contributed by atoms with Crippen molar-refractivity contribution in [3.63, 3.8) is 0 Å². The van der Waals surface area contributed by atoms with Crippen LogP contribution in [0.4, 0.5) is 11.8 Å². The van der Waals surface area contributed by atoms with Gasteiger partial charge in [-0.1, -0.05) is 53.4 Å². The Balaban J connectivity index is 1.98. The first-order valence-electron chi connectivity index (χ1n) is 14.8. The van der Waals surface area contributed by atoms with E-state index < -0.39 is 18.4 Å². The zero-order valence-electron chi connectivity index (χ0n) is 24.2. The van der Waals surface area contributed by atoms with E-state index in [-0.39, 0.29) is 6.61 Å². The Hall–Kier alpha value is -2.63. The summed E-state index contributed by atoms with van der Waals surface area (Å²) < 4.78 is 7.52. The smallest absolute Gasteiger partial charge is 0.254 e. The second-order valence-electron chi connectivity index (χ2n) is 10.3. The largest absolute Gasteiger partial charge is 0.394 e. The van der Waals surface area contributed by atoms with Crippen LogP contribution in [0.2, 0.25) is 0 Å². The molecular weight excluding hydrogens is 496 g/mol. The van der Waals surface area contributed by atoms with Crippen molar-refractivity contribution in [1.82, 2.24) is 29.5 Å². The first-order valence-corrected chi connectivity index (χ1v) is 14.8. The summed E-state index contributed by atoms with van der Waals surface area (Å²) in [6, 6.07) is 0. The minimum absolute atomic E-state index is 0.256. The highest BCUT2D eigenvalue weighted by molar-refractivity contribution is 5.87. The van der Waals surface area contributed by atoms with Crippen molar-refractivity contribution in [3.8, 4) is 0 Å². The Morgan fingerprint density at radius 1 is 0.923 bits per heavy atom. The Kier molecular flexibility index (Phi) is 13.1. The van der Waals surface area contributed by atoms with Crippen molar-refractivity contribution < 1.29 is 14.9 Å². The van der Waals surface area contributed by atoms with E-state index >= 15 is 0 Å². The minimum Gasteiger partial charge on any atom is -0.394 e. The normalized spacial score (nSPS) is 19.7. The van der Waals surface area contributed by atoms with Gasteiger partial charge in [0.05, 0.1) is 37.0 Å². The van der Waals surface area contributed by atoms with Gasteiger partial charge >= 0.3 is 0 Å². The van der Waals surface area contributed by atoms with E-state index in [4.69, 9.17) is 19.7 Å². The van der Waals surface area contributed by atoms with Gasteiger partial charge in [-0.05, 0) is 25.7 Å². The zero-order valence-corrected chi connectivity index (χ0v) is 24.2. The number of unbranched alkanes of at least 4 members (excludes halogenated alkanes) is 4. The molecule has 0 unspecified atom stereocenters. The van der Waals surface area contributed by atoms with Crippen LogP contribution in [-0.4, -0.2) is 97.4 Å². The van der Waals surface area contributed by atoms with Crippen LogP contribution in [-0.2, 0) is 4.74 Å². The average Bonchev–Trinajstić information content (AvgIpc) is 3.54. The molecule has 0 spiro atoms. The molecular formula is C28H48N8O3. The summed E-state index contributed by atoms with van der Waals surface area (Å²) in [5.41, 5.74) is 0.544. The van der Waals surface area contributed by atoms with Crippen molar-refractivity contribution >= 4 is 35.5 Å². The predicted octanol–water partition coefficient (Wildman–Crippen LogP) is 4.59. The van der Waals surface area contributed by atoms with Crippen molar-refractivity contribution in [1.29, 1.82) is 0 Å². The molecule has 3 heterocycles. The summed E-state index contributed by atoms with van der Waals surface area (Å²) >= 11 is 0. The molecule has 0 radical (unpaired) electrons. The second kappa shape index (κ2) is 16.5. The van der Waals surface area contributed by atoms with Gasteiger partial charge in [-0.2, -0.15) is 15.1 Å². The van der Waals surface area contributed by atoms with Crippen molar-refractivity contribution in [3.05, 3.63) is 6.20 Å². The van der Waals surface area contributed by atoms with Gasteiger partial charge in [-0.25, -0.2) is 14.7 Å². The standard InChI is InChI=1S/C28H48N8O3/c1-5-9-13-34(14-10-6-2)20-29-26-22-18-31-36(25-17-23(38)24(19-37)39-25)27(22)33-28(32-26)30-21-35(15-11-7-3)16-12-8-4/h18,20-21,23-25,37-38H,5-17,19H2,1-4H3/b29-20+,30-21+/t23-,24+,25+/m0/s1. The van der Waals surface area contributed by atoms with E-state index in [2.05, 4.69) is 47.6 Å². The Morgan fingerprint density at radius 3 is 2.00 bits per heavy atom. The molecule has 11 heteroatoms. The molecule has 1 aliphatic heterocycles. The summed E-state index contributed by atoms with van der Waals surface area (Å²) in [4.78, 5) is 23.4. The lowest BCUT2D eigenvalue weighted by atomic mass is 10.2. The number of rotatable bonds is 18.